The largest absolute Gasteiger partial charge is 0.467 e. The normalized spacial score (nSPS) is 11.1. The number of urea groups is 1. The van der Waals surface area contributed by atoms with Crippen LogP contribution < -0.4 is 10.6 Å². The van der Waals surface area contributed by atoms with Crippen LogP contribution in [0.15, 0.2) is 45.6 Å². The maximum absolute atomic E-state index is 13.0. The number of fused-ring (bicyclic) bond motifs is 1. The number of aromatic nitrogens is 3. The predicted molar refractivity (Wildman–Crippen MR) is 124 cm³/mol. The maximum atomic E-state index is 13.0. The number of esters is 1. The molecule has 0 bridgehead atoms. The zero-order valence-electron chi connectivity index (χ0n) is 19.7. The molecule has 4 rings (SSSR count). The number of hydrogen-bond donors (Lipinski definition) is 2. The molecule has 4 heterocycles. The second-order valence-electron chi connectivity index (χ2n) is 8.19. The molecule has 0 unspecified atom stereocenters. The van der Waals surface area contributed by atoms with Gasteiger partial charge in [0.15, 0.2) is 12.3 Å². The summed E-state index contributed by atoms with van der Waals surface area (Å²) in [7, 11) is 0. The molecule has 2 N–H and O–H groups in total. The first-order chi connectivity index (χ1) is 16.7. The van der Waals surface area contributed by atoms with Gasteiger partial charge in [-0.25, -0.2) is 19.3 Å². The molecule has 0 aliphatic carbocycles. The fraction of sp³-hybridized carbons (Fsp3) is 0.292. The zero-order valence-corrected chi connectivity index (χ0v) is 19.7. The molecule has 0 saturated heterocycles. The van der Waals surface area contributed by atoms with Gasteiger partial charge in [0.25, 0.3) is 5.91 Å². The number of aryl methyl sites for hydroxylation is 2. The quantitative estimate of drug-likeness (QED) is 0.383. The van der Waals surface area contributed by atoms with E-state index in [1.165, 1.54) is 6.26 Å². The van der Waals surface area contributed by atoms with E-state index in [1.807, 2.05) is 33.8 Å². The van der Waals surface area contributed by atoms with Gasteiger partial charge in [-0.05, 0) is 52.0 Å². The van der Waals surface area contributed by atoms with E-state index >= 15 is 0 Å². The van der Waals surface area contributed by atoms with Crippen molar-refractivity contribution in [1.82, 2.24) is 25.4 Å². The number of hydrogen-bond acceptors (Lipinski definition) is 8. The van der Waals surface area contributed by atoms with Gasteiger partial charge in [-0.15, -0.1) is 0 Å². The predicted octanol–water partition coefficient (Wildman–Crippen LogP) is 3.66. The van der Waals surface area contributed by atoms with E-state index in [0.717, 1.165) is 5.56 Å². The monoisotopic (exact) mass is 479 g/mol. The first-order valence-electron chi connectivity index (χ1n) is 11.0. The van der Waals surface area contributed by atoms with E-state index in [1.54, 1.807) is 29.1 Å². The zero-order chi connectivity index (χ0) is 25.1. The van der Waals surface area contributed by atoms with Gasteiger partial charge in [-0.1, -0.05) is 0 Å². The van der Waals surface area contributed by atoms with E-state index in [9.17, 15) is 14.4 Å². The molecule has 11 heteroatoms. The molecule has 11 nitrogen and oxygen atoms in total. The Labute approximate surface area is 200 Å². The van der Waals surface area contributed by atoms with Crippen molar-refractivity contribution in [3.05, 3.63) is 59.6 Å². The summed E-state index contributed by atoms with van der Waals surface area (Å²) < 4.78 is 17.6. The van der Waals surface area contributed by atoms with Crippen LogP contribution in [0.5, 0.6) is 0 Å². The SMILES string of the molecule is Cc1cc(-c2cc(C(=O)OCC(=O)NC(=O)NCc3ccco3)c3cnn(C(C)C)c3n2)c(C)o1. The Hall–Kier alpha value is -4.41. The van der Waals surface area contributed by atoms with Crippen molar-refractivity contribution < 1.29 is 28.0 Å². The molecule has 4 aromatic rings. The average Bonchev–Trinajstić information content (AvgIpc) is 3.55. The van der Waals surface area contributed by atoms with Crippen molar-refractivity contribution in [3.8, 4) is 11.3 Å². The van der Waals surface area contributed by atoms with Gasteiger partial charge in [0.05, 0.1) is 35.6 Å². The Balaban J connectivity index is 1.51. The number of amides is 3. The molecule has 4 aromatic heterocycles. The third-order valence-corrected chi connectivity index (χ3v) is 5.18. The van der Waals surface area contributed by atoms with Crippen LogP contribution in [0.3, 0.4) is 0 Å². The van der Waals surface area contributed by atoms with Crippen LogP contribution in [0.25, 0.3) is 22.3 Å². The maximum Gasteiger partial charge on any atom is 0.339 e. The fourth-order valence-electron chi connectivity index (χ4n) is 3.58. The molecule has 0 radical (unpaired) electrons. The molecule has 0 aliphatic rings. The minimum atomic E-state index is -0.778. The van der Waals surface area contributed by atoms with E-state index in [-0.39, 0.29) is 18.2 Å². The lowest BCUT2D eigenvalue weighted by molar-refractivity contribution is -0.123. The molecule has 0 aliphatic heterocycles. The first-order valence-corrected chi connectivity index (χ1v) is 11.0. The molecular weight excluding hydrogens is 454 g/mol. The third-order valence-electron chi connectivity index (χ3n) is 5.18. The number of carbonyl (C=O) groups excluding carboxylic acids is 3. The van der Waals surface area contributed by atoms with Crippen LogP contribution in [0.2, 0.25) is 0 Å². The molecular formula is C24H25N5O6. The van der Waals surface area contributed by atoms with Gasteiger partial charge < -0.3 is 18.9 Å². The Bertz CT molecular complexity index is 1380. The summed E-state index contributed by atoms with van der Waals surface area (Å²) in [6.45, 7) is 7.00. The number of pyridine rings is 1. The summed E-state index contributed by atoms with van der Waals surface area (Å²) in [5, 5.41) is 9.42. The van der Waals surface area contributed by atoms with Crippen LogP contribution in [0.4, 0.5) is 4.79 Å². The van der Waals surface area contributed by atoms with Crippen molar-refractivity contribution in [2.45, 2.75) is 40.3 Å². The van der Waals surface area contributed by atoms with Crippen LogP contribution in [0, 0.1) is 13.8 Å². The highest BCUT2D eigenvalue weighted by molar-refractivity contribution is 6.05. The molecule has 0 spiro atoms. The highest BCUT2D eigenvalue weighted by Gasteiger charge is 2.22. The Morgan fingerprint density at radius 2 is 2.00 bits per heavy atom. The molecule has 182 valence electrons. The second-order valence-corrected chi connectivity index (χ2v) is 8.19. The summed E-state index contributed by atoms with van der Waals surface area (Å²) >= 11 is 0. The van der Waals surface area contributed by atoms with Crippen molar-refractivity contribution in [2.75, 3.05) is 6.61 Å². The van der Waals surface area contributed by atoms with Gasteiger partial charge in [0.2, 0.25) is 0 Å². The van der Waals surface area contributed by atoms with Crippen molar-refractivity contribution in [1.29, 1.82) is 0 Å². The molecule has 0 saturated carbocycles. The number of imide groups is 1. The summed E-state index contributed by atoms with van der Waals surface area (Å²) in [6, 6.07) is 6.05. The summed E-state index contributed by atoms with van der Waals surface area (Å²) in [4.78, 5) is 41.7. The van der Waals surface area contributed by atoms with Crippen LogP contribution >= 0.6 is 0 Å². The van der Waals surface area contributed by atoms with Crippen LogP contribution in [0.1, 0.15) is 47.5 Å². The first kappa shape index (κ1) is 23.7. The number of nitrogens with one attached hydrogen (secondary N) is 2. The fourth-order valence-corrected chi connectivity index (χ4v) is 3.58. The highest BCUT2D eigenvalue weighted by Crippen LogP contribution is 2.30. The second kappa shape index (κ2) is 9.84. The van der Waals surface area contributed by atoms with Crippen molar-refractivity contribution >= 4 is 28.9 Å². The standard InChI is InChI=1S/C24H25N5O6/c1-13(2)29-22-19(11-26-29)18(9-20(27-22)17-8-14(3)35-15(17)4)23(31)34-12-21(30)28-24(32)25-10-16-6-5-7-33-16/h5-9,11,13H,10,12H2,1-4H3,(H2,25,28,30,32). The summed E-state index contributed by atoms with van der Waals surface area (Å²) in [5.41, 5.74) is 1.96. The topological polar surface area (TPSA) is 141 Å². The van der Waals surface area contributed by atoms with E-state index in [4.69, 9.17) is 18.6 Å². The minimum Gasteiger partial charge on any atom is -0.467 e. The van der Waals surface area contributed by atoms with E-state index in [0.29, 0.717) is 34.0 Å². The molecule has 0 atom stereocenters. The van der Waals surface area contributed by atoms with Gasteiger partial charge in [0, 0.05) is 11.6 Å². The smallest absolute Gasteiger partial charge is 0.339 e. The van der Waals surface area contributed by atoms with Gasteiger partial charge in [0.1, 0.15) is 17.3 Å². The van der Waals surface area contributed by atoms with Gasteiger partial charge >= 0.3 is 12.0 Å². The number of carbonyl (C=O) groups is 3. The molecule has 0 fully saturated rings. The third kappa shape index (κ3) is 5.24. The summed E-state index contributed by atoms with van der Waals surface area (Å²) in [5.74, 6) is 0.375. The molecule has 35 heavy (non-hydrogen) atoms. The molecule has 0 aromatic carbocycles. The Kier molecular flexibility index (Phi) is 6.67. The van der Waals surface area contributed by atoms with Crippen molar-refractivity contribution in [2.24, 2.45) is 0 Å². The minimum absolute atomic E-state index is 0.00299. The number of nitrogens with zero attached hydrogens (tertiary/aromatic N) is 3. The Morgan fingerprint density at radius 3 is 2.66 bits per heavy atom. The van der Waals surface area contributed by atoms with Crippen LogP contribution in [-0.4, -0.2) is 39.3 Å². The lowest BCUT2D eigenvalue weighted by Crippen LogP contribution is -2.41. The lowest BCUT2D eigenvalue weighted by atomic mass is 10.1. The van der Waals surface area contributed by atoms with E-state index in [2.05, 4.69) is 15.7 Å². The lowest BCUT2D eigenvalue weighted by Gasteiger charge is -2.10. The van der Waals surface area contributed by atoms with Gasteiger partial charge in [-0.3, -0.25) is 10.1 Å². The number of furan rings is 2. The van der Waals surface area contributed by atoms with Crippen molar-refractivity contribution in [3.63, 3.8) is 0 Å². The Morgan fingerprint density at radius 1 is 1.20 bits per heavy atom. The van der Waals surface area contributed by atoms with Gasteiger partial charge in [-0.2, -0.15) is 5.10 Å². The van der Waals surface area contributed by atoms with Crippen LogP contribution in [-0.2, 0) is 16.1 Å². The molecule has 3 amide bonds. The number of ether oxygens (including phenoxy) is 1. The summed E-state index contributed by atoms with van der Waals surface area (Å²) in [6.07, 6.45) is 3.01. The van der Waals surface area contributed by atoms with E-state index < -0.39 is 24.5 Å². The number of rotatable bonds is 7. The highest BCUT2D eigenvalue weighted by atomic mass is 16.5. The average molecular weight is 479 g/mol.